The van der Waals surface area contributed by atoms with Gasteiger partial charge in [0.25, 0.3) is 0 Å². The fraction of sp³-hybridized carbons (Fsp3) is 0.778. The van der Waals surface area contributed by atoms with Gasteiger partial charge in [-0.3, -0.25) is 0 Å². The Kier molecular flexibility index (Phi) is 11.6. The Balaban J connectivity index is 0.000000116. The summed E-state index contributed by atoms with van der Waals surface area (Å²) in [5.41, 5.74) is 27.4. The Morgan fingerprint density at radius 3 is 2.23 bits per heavy atom. The molecule has 4 saturated heterocycles. The van der Waals surface area contributed by atoms with Crippen molar-refractivity contribution in [3.8, 4) is 0 Å². The van der Waals surface area contributed by atoms with E-state index in [1.54, 1.807) is 5.57 Å². The topological polar surface area (TPSA) is 152 Å². The van der Waals surface area contributed by atoms with Crippen LogP contribution >= 0.6 is 0 Å². The Bertz CT molecular complexity index is 1070. The minimum atomic E-state index is 0.345. The highest BCUT2D eigenvalue weighted by molar-refractivity contribution is 5.16. The van der Waals surface area contributed by atoms with Crippen molar-refractivity contribution in [2.24, 2.45) is 69.8 Å². The number of hydrogen-bond acceptors (Lipinski definition) is 8. The lowest BCUT2D eigenvalue weighted by atomic mass is 9.72. The number of nitrogens with one attached hydrogen (secondary N) is 4. The zero-order valence-electron chi connectivity index (χ0n) is 28.0. The fourth-order valence-electron chi connectivity index (χ4n) is 9.24. The van der Waals surface area contributed by atoms with Gasteiger partial charge in [-0.05, 0) is 87.9 Å². The van der Waals surface area contributed by atoms with Gasteiger partial charge in [0.15, 0.2) is 0 Å². The smallest absolute Gasteiger partial charge is 0.0123 e. The Morgan fingerprint density at radius 1 is 0.750 bits per heavy atom. The average Bonchev–Trinajstić information content (AvgIpc) is 3.80. The van der Waals surface area contributed by atoms with Crippen LogP contribution in [0.1, 0.15) is 53.4 Å². The molecule has 0 aromatic heterocycles. The van der Waals surface area contributed by atoms with Crippen LogP contribution < -0.4 is 44.2 Å². The van der Waals surface area contributed by atoms with E-state index in [4.69, 9.17) is 22.9 Å². The van der Waals surface area contributed by atoms with Gasteiger partial charge in [0.2, 0.25) is 0 Å². The summed E-state index contributed by atoms with van der Waals surface area (Å²) >= 11 is 0. The average molecular weight is 609 g/mol. The molecule has 8 rings (SSSR count). The first-order chi connectivity index (χ1) is 21.1. The van der Waals surface area contributed by atoms with Crippen LogP contribution in [0.4, 0.5) is 0 Å². The minimum absolute atomic E-state index is 0.345. The second kappa shape index (κ2) is 15.0. The second-order valence-corrected chi connectivity index (χ2v) is 15.5. The molecule has 4 aliphatic heterocycles. The lowest BCUT2D eigenvalue weighted by Gasteiger charge is -2.34. The minimum Gasteiger partial charge on any atom is -0.327 e. The molecule has 44 heavy (non-hydrogen) atoms. The third kappa shape index (κ3) is 7.77. The number of fused-ring (bicyclic) bond motifs is 4. The van der Waals surface area contributed by atoms with Gasteiger partial charge >= 0.3 is 0 Å². The molecule has 0 amide bonds. The molecular formula is C36H64N8. The van der Waals surface area contributed by atoms with E-state index < -0.39 is 0 Å². The van der Waals surface area contributed by atoms with Crippen molar-refractivity contribution in [2.75, 3.05) is 45.8 Å². The van der Waals surface area contributed by atoms with Crippen molar-refractivity contribution >= 4 is 0 Å². The first-order valence-corrected chi connectivity index (χ1v) is 17.6. The van der Waals surface area contributed by atoms with E-state index in [1.807, 2.05) is 0 Å². The summed E-state index contributed by atoms with van der Waals surface area (Å²) in [6.45, 7) is 16.8. The van der Waals surface area contributed by atoms with Crippen LogP contribution in [0, 0.1) is 46.8 Å². The fourth-order valence-corrected chi connectivity index (χ4v) is 9.24. The third-order valence-electron chi connectivity index (χ3n) is 12.2. The molecule has 12 N–H and O–H groups in total. The van der Waals surface area contributed by atoms with E-state index in [2.05, 4.69) is 85.4 Å². The van der Waals surface area contributed by atoms with Gasteiger partial charge in [0, 0.05) is 81.4 Å². The molecule has 13 atom stereocenters. The highest BCUT2D eigenvalue weighted by Gasteiger charge is 2.41. The van der Waals surface area contributed by atoms with Gasteiger partial charge in [0.1, 0.15) is 0 Å². The quantitative estimate of drug-likeness (QED) is 0.195. The van der Waals surface area contributed by atoms with Crippen LogP contribution in [0.5, 0.6) is 0 Å². The van der Waals surface area contributed by atoms with E-state index in [-0.39, 0.29) is 0 Å². The van der Waals surface area contributed by atoms with Crippen molar-refractivity contribution in [1.29, 1.82) is 0 Å². The highest BCUT2D eigenvalue weighted by atomic mass is 15.0. The molecule has 4 aliphatic carbocycles. The molecule has 8 heteroatoms. The summed E-state index contributed by atoms with van der Waals surface area (Å²) in [6, 6.07) is 2.20. The van der Waals surface area contributed by atoms with Crippen molar-refractivity contribution in [2.45, 2.75) is 83.6 Å². The van der Waals surface area contributed by atoms with Crippen LogP contribution in [-0.2, 0) is 0 Å². The molecule has 0 aromatic carbocycles. The van der Waals surface area contributed by atoms with Gasteiger partial charge in [-0.1, -0.05) is 54.5 Å². The third-order valence-corrected chi connectivity index (χ3v) is 12.2. The summed E-state index contributed by atoms with van der Waals surface area (Å²) in [4.78, 5) is 0. The van der Waals surface area contributed by atoms with Crippen LogP contribution in [0.25, 0.3) is 0 Å². The van der Waals surface area contributed by atoms with Gasteiger partial charge < -0.3 is 44.2 Å². The SMILES string of the molecule is CC12C=CCC(N)C1CNC2.CC1=CC2CNCC2C(N)C1.CC1=CCC(N)C2CNCC12.CC1NCC2C(N)CC=CC12. The maximum atomic E-state index is 6.03. The van der Waals surface area contributed by atoms with Gasteiger partial charge in [-0.2, -0.15) is 0 Å². The highest BCUT2D eigenvalue weighted by Crippen LogP contribution is 2.38. The van der Waals surface area contributed by atoms with Crippen LogP contribution in [0.15, 0.2) is 47.6 Å². The summed E-state index contributed by atoms with van der Waals surface area (Å²) in [6.07, 6.45) is 18.1. The molecule has 0 spiro atoms. The van der Waals surface area contributed by atoms with Gasteiger partial charge in [0.05, 0.1) is 0 Å². The normalized spacial score (nSPS) is 46.4. The lowest BCUT2D eigenvalue weighted by molar-refractivity contribution is 0.270. The molecule has 8 aliphatic rings. The Hall–Kier alpha value is -1.36. The molecular weight excluding hydrogens is 544 g/mol. The molecule has 4 heterocycles. The standard InChI is InChI=1S/4C9H16N2/c1-6-2-7-4-11-5-8(7)9(10)3-6;1-6-2-3-9(10)8-5-11-4-7(6)8;1-9-4-2-3-8(10)7(9)5-11-6-9;1-6-7-3-2-4-9(10)8(7)5-11-6/h2*2,7-9,11H,3-5,10H2,1H3;2,4,7-8,11H,3,5-6,10H2,1H3;2-3,6-9,11H,4-5,10H2,1H3. The molecule has 0 radical (unpaired) electrons. The van der Waals surface area contributed by atoms with Crippen LogP contribution in [0.2, 0.25) is 0 Å². The first-order valence-electron chi connectivity index (χ1n) is 17.6. The Labute approximate surface area is 267 Å². The molecule has 8 nitrogen and oxygen atoms in total. The summed E-state index contributed by atoms with van der Waals surface area (Å²) in [7, 11) is 0. The largest absolute Gasteiger partial charge is 0.327 e. The van der Waals surface area contributed by atoms with Crippen molar-refractivity contribution < 1.29 is 0 Å². The molecule has 0 bridgehead atoms. The number of rotatable bonds is 0. The van der Waals surface area contributed by atoms with Crippen molar-refractivity contribution in [3.05, 3.63) is 47.6 Å². The zero-order chi connectivity index (χ0) is 31.4. The zero-order valence-corrected chi connectivity index (χ0v) is 28.0. The number of hydrogen-bond donors (Lipinski definition) is 8. The van der Waals surface area contributed by atoms with E-state index in [0.717, 1.165) is 83.3 Å². The predicted octanol–water partition coefficient (Wildman–Crippen LogP) is 2.00. The maximum Gasteiger partial charge on any atom is 0.0123 e. The summed E-state index contributed by atoms with van der Waals surface area (Å²) < 4.78 is 0. The lowest BCUT2D eigenvalue weighted by Crippen LogP contribution is -2.41. The summed E-state index contributed by atoms with van der Waals surface area (Å²) in [5, 5.41) is 13.7. The molecule has 0 saturated carbocycles. The predicted molar refractivity (Wildman–Crippen MR) is 185 cm³/mol. The molecule has 13 unspecified atom stereocenters. The van der Waals surface area contributed by atoms with E-state index >= 15 is 0 Å². The number of nitrogens with two attached hydrogens (primary N) is 4. The summed E-state index contributed by atoms with van der Waals surface area (Å²) in [5.74, 6) is 4.91. The van der Waals surface area contributed by atoms with E-state index in [1.165, 1.54) is 5.57 Å². The van der Waals surface area contributed by atoms with Crippen molar-refractivity contribution in [3.63, 3.8) is 0 Å². The van der Waals surface area contributed by atoms with Crippen LogP contribution in [0.3, 0.4) is 0 Å². The van der Waals surface area contributed by atoms with E-state index in [0.29, 0.717) is 65.2 Å². The maximum absolute atomic E-state index is 6.03. The van der Waals surface area contributed by atoms with Gasteiger partial charge in [-0.25, -0.2) is 0 Å². The molecule has 4 fully saturated rings. The van der Waals surface area contributed by atoms with Gasteiger partial charge in [-0.15, -0.1) is 0 Å². The van der Waals surface area contributed by atoms with Crippen LogP contribution in [-0.4, -0.2) is 76.0 Å². The Morgan fingerprint density at radius 2 is 1.48 bits per heavy atom. The first kappa shape index (κ1) is 34.0. The molecule has 248 valence electrons. The van der Waals surface area contributed by atoms with Crippen molar-refractivity contribution in [1.82, 2.24) is 21.3 Å². The monoisotopic (exact) mass is 609 g/mol. The molecule has 0 aromatic rings. The second-order valence-electron chi connectivity index (χ2n) is 15.5. The van der Waals surface area contributed by atoms with E-state index in [9.17, 15) is 0 Å².